The highest BCUT2D eigenvalue weighted by atomic mass is 35.5. The molecule has 0 aliphatic rings. The van der Waals surface area contributed by atoms with Crippen molar-refractivity contribution in [2.75, 3.05) is 17.7 Å². The number of halogens is 1. The van der Waals surface area contributed by atoms with Gasteiger partial charge < -0.3 is 15.4 Å². The molecule has 27 heavy (non-hydrogen) atoms. The molecule has 136 valence electrons. The Balaban J connectivity index is 1.70. The zero-order valence-electron chi connectivity index (χ0n) is 14.5. The lowest BCUT2D eigenvalue weighted by molar-refractivity contribution is 0.102. The Kier molecular flexibility index (Phi) is 5.74. The van der Waals surface area contributed by atoms with Gasteiger partial charge in [0, 0.05) is 27.5 Å². The van der Waals surface area contributed by atoms with E-state index in [-0.39, 0.29) is 11.8 Å². The lowest BCUT2D eigenvalue weighted by atomic mass is 10.1. The highest BCUT2D eigenvalue weighted by Crippen LogP contribution is 2.17. The number of carbonyl (C=O) groups is 2. The van der Waals surface area contributed by atoms with Crippen molar-refractivity contribution >= 4 is 34.8 Å². The van der Waals surface area contributed by atoms with Crippen LogP contribution in [-0.2, 0) is 0 Å². The number of ether oxygens (including phenoxy) is 1. The molecule has 0 radical (unpaired) electrons. The van der Waals surface area contributed by atoms with Crippen LogP contribution in [0.3, 0.4) is 0 Å². The Morgan fingerprint density at radius 1 is 0.778 bits per heavy atom. The number of hydrogen-bond acceptors (Lipinski definition) is 3. The van der Waals surface area contributed by atoms with Crippen LogP contribution in [0, 0.1) is 0 Å². The van der Waals surface area contributed by atoms with Gasteiger partial charge in [-0.05, 0) is 66.7 Å². The first kappa shape index (κ1) is 18.5. The normalized spacial score (nSPS) is 10.1. The van der Waals surface area contributed by atoms with Crippen LogP contribution in [0.15, 0.2) is 72.8 Å². The predicted octanol–water partition coefficient (Wildman–Crippen LogP) is 4.85. The van der Waals surface area contributed by atoms with Crippen LogP contribution >= 0.6 is 11.6 Å². The second-order valence-electron chi connectivity index (χ2n) is 5.72. The van der Waals surface area contributed by atoms with Crippen molar-refractivity contribution in [2.45, 2.75) is 0 Å². The third-order valence-electron chi connectivity index (χ3n) is 3.84. The minimum absolute atomic E-state index is 0.304. The van der Waals surface area contributed by atoms with Crippen LogP contribution in [0.5, 0.6) is 5.75 Å². The molecule has 3 aromatic carbocycles. The summed E-state index contributed by atoms with van der Waals surface area (Å²) in [6.45, 7) is 0. The summed E-state index contributed by atoms with van der Waals surface area (Å²) in [5.41, 5.74) is 2.02. The molecule has 0 heterocycles. The van der Waals surface area contributed by atoms with E-state index in [1.54, 1.807) is 79.9 Å². The molecule has 0 unspecified atom stereocenters. The Hall–Kier alpha value is -3.31. The summed E-state index contributed by atoms with van der Waals surface area (Å²) in [6.07, 6.45) is 0. The van der Waals surface area contributed by atoms with Gasteiger partial charge in [-0.2, -0.15) is 0 Å². The quantitative estimate of drug-likeness (QED) is 0.664. The molecule has 3 rings (SSSR count). The van der Waals surface area contributed by atoms with E-state index in [1.807, 2.05) is 0 Å². The first-order chi connectivity index (χ1) is 13.0. The van der Waals surface area contributed by atoms with E-state index in [1.165, 1.54) is 0 Å². The number of benzene rings is 3. The van der Waals surface area contributed by atoms with E-state index in [0.29, 0.717) is 33.3 Å². The van der Waals surface area contributed by atoms with Gasteiger partial charge in [-0.25, -0.2) is 0 Å². The van der Waals surface area contributed by atoms with E-state index in [0.717, 1.165) is 0 Å². The van der Waals surface area contributed by atoms with Gasteiger partial charge >= 0.3 is 0 Å². The molecule has 0 aliphatic carbocycles. The van der Waals surface area contributed by atoms with E-state index < -0.39 is 0 Å². The molecule has 2 N–H and O–H groups in total. The summed E-state index contributed by atoms with van der Waals surface area (Å²) in [6, 6.07) is 20.3. The van der Waals surface area contributed by atoms with E-state index in [9.17, 15) is 9.59 Å². The van der Waals surface area contributed by atoms with Crippen molar-refractivity contribution in [2.24, 2.45) is 0 Å². The summed E-state index contributed by atoms with van der Waals surface area (Å²) >= 11 is 5.84. The molecule has 0 aliphatic heterocycles. The summed E-state index contributed by atoms with van der Waals surface area (Å²) in [5.74, 6) is 0.0894. The van der Waals surface area contributed by atoms with Crippen LogP contribution in [0.2, 0.25) is 5.02 Å². The Labute approximate surface area is 161 Å². The fourth-order valence-electron chi connectivity index (χ4n) is 2.42. The van der Waals surface area contributed by atoms with Gasteiger partial charge in [0.25, 0.3) is 11.8 Å². The number of carbonyl (C=O) groups excluding carboxylic acids is 2. The highest BCUT2D eigenvalue weighted by Gasteiger charge is 2.11. The lowest BCUT2D eigenvalue weighted by Crippen LogP contribution is -2.15. The molecule has 6 heteroatoms. The van der Waals surface area contributed by atoms with Gasteiger partial charge in [0.1, 0.15) is 5.75 Å². The second-order valence-corrected chi connectivity index (χ2v) is 6.16. The van der Waals surface area contributed by atoms with Gasteiger partial charge in [-0.3, -0.25) is 9.59 Å². The first-order valence-electron chi connectivity index (χ1n) is 8.17. The average Bonchev–Trinajstić information content (AvgIpc) is 2.70. The topological polar surface area (TPSA) is 67.4 Å². The Bertz CT molecular complexity index is 954. The van der Waals surface area contributed by atoms with Crippen molar-refractivity contribution in [3.63, 3.8) is 0 Å². The summed E-state index contributed by atoms with van der Waals surface area (Å²) in [5, 5.41) is 6.15. The first-order valence-corrected chi connectivity index (χ1v) is 8.55. The molecular formula is C21H17ClN2O3. The Morgan fingerprint density at radius 3 is 1.74 bits per heavy atom. The van der Waals surface area contributed by atoms with Crippen molar-refractivity contribution in [1.29, 1.82) is 0 Å². The SMILES string of the molecule is COc1ccc(NC(=O)c2cccc(C(=O)Nc3ccc(Cl)cc3)c2)cc1. The minimum Gasteiger partial charge on any atom is -0.497 e. The highest BCUT2D eigenvalue weighted by molar-refractivity contribution is 6.30. The Morgan fingerprint density at radius 2 is 1.26 bits per heavy atom. The monoisotopic (exact) mass is 380 g/mol. The zero-order valence-corrected chi connectivity index (χ0v) is 15.3. The molecule has 0 atom stereocenters. The molecule has 0 fully saturated rings. The van der Waals surface area contributed by atoms with Gasteiger partial charge in [0.2, 0.25) is 0 Å². The maximum Gasteiger partial charge on any atom is 0.255 e. The molecule has 5 nitrogen and oxygen atoms in total. The molecule has 0 saturated carbocycles. The van der Waals surface area contributed by atoms with Crippen LogP contribution in [-0.4, -0.2) is 18.9 Å². The van der Waals surface area contributed by atoms with Gasteiger partial charge in [0.15, 0.2) is 0 Å². The van der Waals surface area contributed by atoms with E-state index >= 15 is 0 Å². The third-order valence-corrected chi connectivity index (χ3v) is 4.09. The number of amides is 2. The fraction of sp³-hybridized carbons (Fsp3) is 0.0476. The molecule has 0 aromatic heterocycles. The summed E-state index contributed by atoms with van der Waals surface area (Å²) in [4.78, 5) is 24.9. The molecule has 0 spiro atoms. The molecule has 3 aromatic rings. The summed E-state index contributed by atoms with van der Waals surface area (Å²) < 4.78 is 5.09. The van der Waals surface area contributed by atoms with Gasteiger partial charge in [0.05, 0.1) is 7.11 Å². The number of rotatable bonds is 5. The standard InChI is InChI=1S/C21H17ClN2O3/c1-27-19-11-9-18(10-12-19)24-21(26)15-4-2-3-14(13-15)20(25)23-17-7-5-16(22)6-8-17/h2-13H,1H3,(H,23,25)(H,24,26). The largest absolute Gasteiger partial charge is 0.497 e. The lowest BCUT2D eigenvalue weighted by Gasteiger charge is -2.09. The predicted molar refractivity (Wildman–Crippen MR) is 107 cm³/mol. The van der Waals surface area contributed by atoms with Crippen molar-refractivity contribution in [3.8, 4) is 5.75 Å². The maximum atomic E-state index is 12.5. The molecule has 0 bridgehead atoms. The zero-order chi connectivity index (χ0) is 19.2. The van der Waals surface area contributed by atoms with Crippen LogP contribution < -0.4 is 15.4 Å². The van der Waals surface area contributed by atoms with Crippen LogP contribution in [0.25, 0.3) is 0 Å². The van der Waals surface area contributed by atoms with Crippen molar-refractivity contribution in [1.82, 2.24) is 0 Å². The second kappa shape index (κ2) is 8.38. The van der Waals surface area contributed by atoms with Crippen molar-refractivity contribution in [3.05, 3.63) is 88.9 Å². The molecular weight excluding hydrogens is 364 g/mol. The van der Waals surface area contributed by atoms with Crippen molar-refractivity contribution < 1.29 is 14.3 Å². The fourth-order valence-corrected chi connectivity index (χ4v) is 2.54. The number of nitrogens with one attached hydrogen (secondary N) is 2. The molecule has 0 saturated heterocycles. The van der Waals surface area contributed by atoms with Gasteiger partial charge in [-0.1, -0.05) is 17.7 Å². The number of anilines is 2. The number of methoxy groups -OCH3 is 1. The smallest absolute Gasteiger partial charge is 0.255 e. The van der Waals surface area contributed by atoms with Crippen LogP contribution in [0.1, 0.15) is 20.7 Å². The minimum atomic E-state index is -0.309. The average molecular weight is 381 g/mol. The maximum absolute atomic E-state index is 12.5. The van der Waals surface area contributed by atoms with Gasteiger partial charge in [-0.15, -0.1) is 0 Å². The van der Waals surface area contributed by atoms with E-state index in [2.05, 4.69) is 10.6 Å². The summed E-state index contributed by atoms with van der Waals surface area (Å²) in [7, 11) is 1.58. The molecule has 2 amide bonds. The third kappa shape index (κ3) is 4.86. The van der Waals surface area contributed by atoms with Crippen LogP contribution in [0.4, 0.5) is 11.4 Å². The number of hydrogen-bond donors (Lipinski definition) is 2. The van der Waals surface area contributed by atoms with E-state index in [4.69, 9.17) is 16.3 Å².